The molecule has 3 aromatic rings. The Balaban J connectivity index is 1.42. The Morgan fingerprint density at radius 3 is 2.27 bits per heavy atom. The molecule has 4 rings (SSSR count). The van der Waals surface area contributed by atoms with E-state index in [1.165, 1.54) is 16.7 Å². The molecule has 1 heterocycles. The minimum Gasteiger partial charge on any atom is -0.351 e. The third-order valence-corrected chi connectivity index (χ3v) is 8.26. The Hall–Kier alpha value is -3.01. The average Bonchev–Trinajstić information content (AvgIpc) is 3.15. The summed E-state index contributed by atoms with van der Waals surface area (Å²) >= 11 is 2.34. The number of nitrogens with one attached hydrogen (secondary N) is 2. The van der Waals surface area contributed by atoms with Crippen molar-refractivity contribution >= 4 is 40.5 Å². The normalized spacial score (nSPS) is 17.8. The van der Waals surface area contributed by atoms with Crippen molar-refractivity contribution in [2.24, 2.45) is 5.73 Å². The lowest BCUT2D eigenvalue weighted by Crippen LogP contribution is -2.49. The van der Waals surface area contributed by atoms with Crippen molar-refractivity contribution in [3.8, 4) is 0 Å². The van der Waals surface area contributed by atoms with Gasteiger partial charge in [-0.1, -0.05) is 108 Å². The van der Waals surface area contributed by atoms with E-state index in [2.05, 4.69) is 69.6 Å². The number of carbonyl (C=O) groups is 2. The Kier molecular flexibility index (Phi) is 11.8. The Morgan fingerprint density at radius 2 is 1.68 bits per heavy atom. The largest absolute Gasteiger partial charge is 0.351 e. The fraction of sp³-hybridized carbons (Fsp3) is 0.333. The summed E-state index contributed by atoms with van der Waals surface area (Å²) in [6.45, 7) is 2.22. The molecule has 0 unspecified atom stereocenters. The van der Waals surface area contributed by atoms with Crippen molar-refractivity contribution in [3.63, 3.8) is 0 Å². The molecule has 0 spiro atoms. The van der Waals surface area contributed by atoms with E-state index in [0.717, 1.165) is 22.8 Å². The first-order chi connectivity index (χ1) is 19.6. The van der Waals surface area contributed by atoms with Crippen molar-refractivity contribution in [2.45, 2.75) is 41.7 Å². The van der Waals surface area contributed by atoms with Gasteiger partial charge in [0.1, 0.15) is 0 Å². The number of rotatable bonds is 12. The van der Waals surface area contributed by atoms with Crippen molar-refractivity contribution < 1.29 is 9.59 Å². The Morgan fingerprint density at radius 1 is 1.02 bits per heavy atom. The van der Waals surface area contributed by atoms with E-state index < -0.39 is 0 Å². The van der Waals surface area contributed by atoms with Gasteiger partial charge in [-0.3, -0.25) is 9.59 Å². The van der Waals surface area contributed by atoms with Gasteiger partial charge in [0.15, 0.2) is 0 Å². The van der Waals surface area contributed by atoms with Crippen molar-refractivity contribution in [3.05, 3.63) is 113 Å². The van der Waals surface area contributed by atoms with E-state index in [-0.39, 0.29) is 29.8 Å². The first kappa shape index (κ1) is 30.0. The van der Waals surface area contributed by atoms with Gasteiger partial charge in [-0.15, -0.1) is 0 Å². The lowest BCUT2D eigenvalue weighted by atomic mass is 9.90. The van der Waals surface area contributed by atoms with Gasteiger partial charge < -0.3 is 21.3 Å². The maximum atomic E-state index is 13.8. The molecule has 7 heteroatoms. The van der Waals surface area contributed by atoms with Crippen LogP contribution in [0.2, 0.25) is 0 Å². The molecule has 0 radical (unpaired) electrons. The highest BCUT2D eigenvalue weighted by Gasteiger charge is 2.32. The predicted molar refractivity (Wildman–Crippen MR) is 171 cm³/mol. The summed E-state index contributed by atoms with van der Waals surface area (Å²) in [6.07, 6.45) is 5.59. The lowest BCUT2D eigenvalue weighted by molar-refractivity contribution is -0.133. The molecule has 4 N–H and O–H groups in total. The summed E-state index contributed by atoms with van der Waals surface area (Å²) in [5.74, 6) is 0.0433. The van der Waals surface area contributed by atoms with E-state index in [9.17, 15) is 9.59 Å². The maximum absolute atomic E-state index is 13.8. The smallest absolute Gasteiger partial charge is 0.244 e. The Bertz CT molecular complexity index is 1190. The van der Waals surface area contributed by atoms with Crippen LogP contribution in [-0.2, 0) is 14.0 Å². The summed E-state index contributed by atoms with van der Waals surface area (Å²) in [5, 5.41) is 6.57. The van der Waals surface area contributed by atoms with Crippen molar-refractivity contribution in [2.75, 3.05) is 26.2 Å². The van der Waals surface area contributed by atoms with Crippen LogP contribution >= 0.6 is 22.6 Å². The fourth-order valence-electron chi connectivity index (χ4n) is 5.12. The van der Waals surface area contributed by atoms with Gasteiger partial charge in [0.25, 0.3) is 0 Å². The van der Waals surface area contributed by atoms with Crippen LogP contribution in [0.3, 0.4) is 0 Å². The predicted octanol–water partition coefficient (Wildman–Crippen LogP) is 4.88. The molecule has 0 aliphatic carbocycles. The molecule has 3 aromatic carbocycles. The minimum absolute atomic E-state index is 0.0103. The van der Waals surface area contributed by atoms with Crippen LogP contribution in [0.4, 0.5) is 0 Å². The third kappa shape index (κ3) is 8.74. The molecule has 1 fully saturated rings. The number of nitrogens with zero attached hydrogens (tertiary/aromatic N) is 1. The highest BCUT2D eigenvalue weighted by Crippen LogP contribution is 2.27. The zero-order valence-electron chi connectivity index (χ0n) is 22.8. The molecule has 2 amide bonds. The van der Waals surface area contributed by atoms with E-state index >= 15 is 0 Å². The van der Waals surface area contributed by atoms with Crippen LogP contribution < -0.4 is 16.4 Å². The van der Waals surface area contributed by atoms with Gasteiger partial charge in [-0.2, -0.15) is 0 Å². The first-order valence-corrected chi connectivity index (χ1v) is 15.6. The fourth-order valence-corrected chi connectivity index (χ4v) is 5.63. The maximum Gasteiger partial charge on any atom is 0.244 e. The van der Waals surface area contributed by atoms with Gasteiger partial charge in [-0.05, 0) is 54.1 Å². The van der Waals surface area contributed by atoms with E-state index in [1.54, 1.807) is 6.08 Å². The highest BCUT2D eigenvalue weighted by atomic mass is 127. The van der Waals surface area contributed by atoms with Crippen LogP contribution in [0.15, 0.2) is 91.0 Å². The minimum atomic E-state index is -0.327. The molecule has 40 heavy (non-hydrogen) atoms. The van der Waals surface area contributed by atoms with Crippen LogP contribution in [0.5, 0.6) is 0 Å². The third-order valence-electron chi connectivity index (χ3n) is 7.38. The van der Waals surface area contributed by atoms with E-state index in [0.29, 0.717) is 32.6 Å². The summed E-state index contributed by atoms with van der Waals surface area (Å²) in [4.78, 5) is 28.4. The summed E-state index contributed by atoms with van der Waals surface area (Å²) in [7, 11) is 0. The topological polar surface area (TPSA) is 87.5 Å². The number of alkyl halides is 1. The van der Waals surface area contributed by atoms with E-state index in [1.807, 2.05) is 59.5 Å². The van der Waals surface area contributed by atoms with Crippen LogP contribution in [0, 0.1) is 0 Å². The summed E-state index contributed by atoms with van der Waals surface area (Å²) in [6, 6.07) is 28.6. The zero-order chi connectivity index (χ0) is 28.2. The molecule has 0 bridgehead atoms. The molecular formula is C33H39IN4O2. The molecule has 0 saturated carbocycles. The molecule has 1 saturated heterocycles. The number of benzene rings is 3. The quantitative estimate of drug-likeness (QED) is 0.148. The van der Waals surface area contributed by atoms with Gasteiger partial charge in [0, 0.05) is 42.1 Å². The molecule has 210 valence electrons. The molecular weight excluding hydrogens is 611 g/mol. The molecule has 6 nitrogen and oxygen atoms in total. The van der Waals surface area contributed by atoms with Gasteiger partial charge in [0.05, 0.1) is 6.04 Å². The number of halogens is 1. The number of nitrogens with two attached hydrogens (primary N) is 1. The van der Waals surface area contributed by atoms with Crippen LogP contribution in [-0.4, -0.2) is 55.0 Å². The van der Waals surface area contributed by atoms with E-state index in [4.69, 9.17) is 5.73 Å². The first-order valence-electron chi connectivity index (χ1n) is 14.0. The Labute approximate surface area is 251 Å². The van der Waals surface area contributed by atoms with Crippen LogP contribution in [0.25, 0.3) is 6.08 Å². The second kappa shape index (κ2) is 15.7. The van der Waals surface area contributed by atoms with Gasteiger partial charge in [-0.25, -0.2) is 0 Å². The molecule has 1 aliphatic heterocycles. The summed E-state index contributed by atoms with van der Waals surface area (Å²) in [5.41, 5.74) is 10.4. The number of amides is 2. The number of hydrogen-bond acceptors (Lipinski definition) is 4. The molecule has 1 aliphatic rings. The molecule has 0 aromatic heterocycles. The monoisotopic (exact) mass is 650 g/mol. The van der Waals surface area contributed by atoms with Crippen LogP contribution in [0.1, 0.15) is 47.4 Å². The standard InChI is InChI=1S/C33H39IN4O2/c34-22-26-15-13-25(14-16-26)17-18-32(39)36-23-29-19-21-38(33(40)31(37-29)12-7-20-35)24-30(27-8-3-1-4-9-27)28-10-5-2-6-11-28/h1-6,8-11,13-18,29-31,37H,7,12,19-24,35H2,(H,36,39)/b18-17+/t29-,31-/m0/s1. The highest BCUT2D eigenvalue weighted by molar-refractivity contribution is 14.1. The van der Waals surface area contributed by atoms with Gasteiger partial charge in [0.2, 0.25) is 11.8 Å². The average molecular weight is 651 g/mol. The summed E-state index contributed by atoms with van der Waals surface area (Å²) < 4.78 is 0.960. The zero-order valence-corrected chi connectivity index (χ0v) is 25.0. The number of hydrogen-bond donors (Lipinski definition) is 3. The second-order valence-corrected chi connectivity index (χ2v) is 11.0. The molecule has 2 atom stereocenters. The van der Waals surface area contributed by atoms with Crippen molar-refractivity contribution in [1.82, 2.24) is 15.5 Å². The lowest BCUT2D eigenvalue weighted by Gasteiger charge is -2.29. The van der Waals surface area contributed by atoms with Gasteiger partial charge >= 0.3 is 0 Å². The second-order valence-electron chi connectivity index (χ2n) is 10.2. The SMILES string of the molecule is NCCC[C@@H]1N[C@H](CNC(=O)/C=C/c2ccc(CI)cc2)CCN(CC(c2ccccc2)c2ccccc2)C1=O. The van der Waals surface area contributed by atoms with Crippen molar-refractivity contribution in [1.29, 1.82) is 0 Å². The number of carbonyl (C=O) groups excluding carboxylic acids is 2.